The Hall–Kier alpha value is -3.30. The zero-order valence-corrected chi connectivity index (χ0v) is 23.4. The number of hydrogen-bond donors (Lipinski definition) is 4. The highest BCUT2D eigenvalue weighted by atomic mass is 16.6. The van der Waals surface area contributed by atoms with Crippen LogP contribution in [0.5, 0.6) is 11.5 Å². The highest BCUT2D eigenvalue weighted by Crippen LogP contribution is 2.35. The Bertz CT molecular complexity index is 1090. The lowest BCUT2D eigenvalue weighted by molar-refractivity contribution is -0.112. The first kappa shape index (κ1) is 30.9. The van der Waals surface area contributed by atoms with Gasteiger partial charge in [-0.1, -0.05) is 37.6 Å². The smallest absolute Gasteiger partial charge is 0.405 e. The molecule has 0 spiro atoms. The van der Waals surface area contributed by atoms with Crippen LogP contribution >= 0.6 is 0 Å². The van der Waals surface area contributed by atoms with Crippen molar-refractivity contribution in [1.82, 2.24) is 0 Å². The maximum absolute atomic E-state index is 12.8. The second-order valence-corrected chi connectivity index (χ2v) is 10.1. The van der Waals surface area contributed by atoms with Gasteiger partial charge in [0, 0.05) is 37.3 Å². The third-order valence-electron chi connectivity index (χ3n) is 6.92. The molecule has 2 amide bonds. The molecule has 0 aromatic heterocycles. The molecule has 2 rings (SSSR count). The van der Waals surface area contributed by atoms with Crippen LogP contribution in [0.25, 0.3) is 6.08 Å². The van der Waals surface area contributed by atoms with Gasteiger partial charge < -0.3 is 35.5 Å². The molecule has 0 radical (unpaired) electrons. The molecule has 210 valence electrons. The highest BCUT2D eigenvalue weighted by Gasteiger charge is 2.29. The Morgan fingerprint density at radius 1 is 1.11 bits per heavy atom. The van der Waals surface area contributed by atoms with Crippen LogP contribution in [0, 0.1) is 11.8 Å². The summed E-state index contributed by atoms with van der Waals surface area (Å²) in [5.74, 6) is -0.824. The molecule has 0 saturated carbocycles. The molecule has 0 aliphatic carbocycles. The molecule has 9 nitrogen and oxygen atoms in total. The third-order valence-corrected chi connectivity index (χ3v) is 6.92. The van der Waals surface area contributed by atoms with Gasteiger partial charge in [-0.05, 0) is 57.6 Å². The molecule has 5 N–H and O–H groups in total. The van der Waals surface area contributed by atoms with E-state index >= 15 is 0 Å². The number of nitrogens with two attached hydrogens (primary N) is 1. The summed E-state index contributed by atoms with van der Waals surface area (Å²) in [6, 6.07) is 2.74. The second-order valence-electron chi connectivity index (χ2n) is 10.1. The first-order valence-corrected chi connectivity index (χ1v) is 12.8. The van der Waals surface area contributed by atoms with E-state index in [1.165, 1.54) is 12.1 Å². The molecule has 1 aliphatic heterocycles. The molecule has 1 aromatic carbocycles. The fraction of sp³-hybridized carbons (Fsp3) is 0.517. The van der Waals surface area contributed by atoms with Crippen molar-refractivity contribution >= 4 is 23.8 Å². The minimum Gasteiger partial charge on any atom is -0.508 e. The number of hydrogen-bond acceptors (Lipinski definition) is 7. The molecule has 0 fully saturated rings. The molecule has 0 unspecified atom stereocenters. The quantitative estimate of drug-likeness (QED) is 0.237. The van der Waals surface area contributed by atoms with Crippen molar-refractivity contribution in [3.8, 4) is 11.5 Å². The lowest BCUT2D eigenvalue weighted by atomic mass is 9.88. The Kier molecular flexibility index (Phi) is 11.4. The first-order valence-electron chi connectivity index (χ1n) is 12.8. The number of anilines is 1. The summed E-state index contributed by atoms with van der Waals surface area (Å²) in [4.78, 5) is 24.5. The first-order chi connectivity index (χ1) is 17.9. The average molecular weight is 531 g/mol. The van der Waals surface area contributed by atoms with Crippen molar-refractivity contribution in [3.05, 3.63) is 46.6 Å². The van der Waals surface area contributed by atoms with E-state index in [4.69, 9.17) is 19.9 Å². The van der Waals surface area contributed by atoms with E-state index in [-0.39, 0.29) is 41.2 Å². The van der Waals surface area contributed by atoms with Gasteiger partial charge in [0.2, 0.25) is 0 Å². The summed E-state index contributed by atoms with van der Waals surface area (Å²) >= 11 is 0. The minimum absolute atomic E-state index is 0.0813. The number of phenolic OH excluding ortho intramolecular Hbond substituents is 2. The van der Waals surface area contributed by atoms with E-state index in [1.54, 1.807) is 33.3 Å². The number of carbonyl (C=O) groups excluding carboxylic acids is 2. The zero-order chi connectivity index (χ0) is 28.6. The van der Waals surface area contributed by atoms with Crippen LogP contribution in [-0.4, -0.2) is 54.7 Å². The fourth-order valence-electron chi connectivity index (χ4n) is 4.94. The lowest BCUT2D eigenvalue weighted by Gasteiger charge is -2.30. The molecular formula is C29H42N2O7. The van der Waals surface area contributed by atoms with Crippen LogP contribution in [0.4, 0.5) is 10.5 Å². The number of primary amides is 1. The number of phenols is 2. The summed E-state index contributed by atoms with van der Waals surface area (Å²) in [5, 5.41) is 23.8. The molecule has 0 saturated heterocycles. The normalized spacial score (nSPS) is 26.0. The van der Waals surface area contributed by atoms with Crippen molar-refractivity contribution in [2.75, 3.05) is 19.5 Å². The predicted molar refractivity (Wildman–Crippen MR) is 148 cm³/mol. The molecule has 2 bridgehead atoms. The number of benzene rings is 1. The van der Waals surface area contributed by atoms with Gasteiger partial charge in [0.1, 0.15) is 17.6 Å². The maximum atomic E-state index is 12.8. The summed E-state index contributed by atoms with van der Waals surface area (Å²) in [7, 11) is 3.23. The fourth-order valence-corrected chi connectivity index (χ4v) is 4.94. The van der Waals surface area contributed by atoms with Crippen LogP contribution < -0.4 is 11.1 Å². The van der Waals surface area contributed by atoms with E-state index in [9.17, 15) is 19.8 Å². The number of nitrogens with one attached hydrogen (secondary N) is 1. The number of amides is 2. The van der Waals surface area contributed by atoms with Gasteiger partial charge >= 0.3 is 6.09 Å². The molecule has 38 heavy (non-hydrogen) atoms. The van der Waals surface area contributed by atoms with Crippen LogP contribution in [0.15, 0.2) is 41.0 Å². The van der Waals surface area contributed by atoms with E-state index in [0.717, 1.165) is 11.1 Å². The largest absolute Gasteiger partial charge is 0.508 e. The zero-order valence-electron chi connectivity index (χ0n) is 23.4. The van der Waals surface area contributed by atoms with E-state index in [0.29, 0.717) is 30.4 Å². The van der Waals surface area contributed by atoms with Gasteiger partial charge in [-0.3, -0.25) is 4.79 Å². The van der Waals surface area contributed by atoms with Gasteiger partial charge in [0.05, 0.1) is 17.9 Å². The van der Waals surface area contributed by atoms with Crippen LogP contribution in [0.2, 0.25) is 0 Å². The Morgan fingerprint density at radius 3 is 2.39 bits per heavy atom. The monoisotopic (exact) mass is 530 g/mol. The van der Waals surface area contributed by atoms with E-state index in [2.05, 4.69) is 5.32 Å². The molecular weight excluding hydrogens is 488 g/mol. The van der Waals surface area contributed by atoms with Gasteiger partial charge in [-0.15, -0.1) is 0 Å². The molecule has 1 aromatic rings. The minimum atomic E-state index is -0.852. The van der Waals surface area contributed by atoms with Crippen LogP contribution in [0.3, 0.4) is 0 Å². The lowest BCUT2D eigenvalue weighted by Crippen LogP contribution is -2.36. The van der Waals surface area contributed by atoms with Gasteiger partial charge in [-0.25, -0.2) is 4.79 Å². The topological polar surface area (TPSA) is 140 Å². The standard InChI is InChI=1S/C29H42N2O7/c1-16-11-21-14-22(32)15-23(25(21)33)31-28(34)18(3)10-8-9-17(2)26(38-29(30)35)19(4)13-20(5)27(37-7)24(12-16)36-6/h10-11,13-15,17,20,24,26-27,32-33H,8-9,12H2,1-7H3,(H2,30,35)(H,31,34)/t17-,20-,24-,26+,27+/m0/s1. The van der Waals surface area contributed by atoms with Crippen LogP contribution in [0.1, 0.15) is 59.4 Å². The molecule has 5 atom stereocenters. The van der Waals surface area contributed by atoms with Crippen LogP contribution in [-0.2, 0) is 19.0 Å². The molecule has 9 heteroatoms. The summed E-state index contributed by atoms with van der Waals surface area (Å²) < 4.78 is 17.1. The van der Waals surface area contributed by atoms with Crippen molar-refractivity contribution in [2.24, 2.45) is 17.6 Å². The number of ether oxygens (including phenoxy) is 3. The molecule has 1 aliphatic rings. The summed E-state index contributed by atoms with van der Waals surface area (Å²) in [6.07, 6.45) is 5.13. The van der Waals surface area contributed by atoms with E-state index < -0.39 is 18.1 Å². The summed E-state index contributed by atoms with van der Waals surface area (Å²) in [6.45, 7) is 9.44. The number of methoxy groups -OCH3 is 2. The van der Waals surface area contributed by atoms with Gasteiger partial charge in [0.15, 0.2) is 0 Å². The van der Waals surface area contributed by atoms with Gasteiger partial charge in [0.25, 0.3) is 5.91 Å². The second kappa shape index (κ2) is 14.0. The molecule has 1 heterocycles. The Labute approximate surface area is 225 Å². The number of allylic oxidation sites excluding steroid dienone is 1. The predicted octanol–water partition coefficient (Wildman–Crippen LogP) is 5.28. The number of aromatic hydroxyl groups is 2. The summed E-state index contributed by atoms with van der Waals surface area (Å²) in [5.41, 5.74) is 8.02. The average Bonchev–Trinajstić information content (AvgIpc) is 2.83. The SMILES string of the molecule is CO[C@H]1[C@@H](OC)CC(C)=Cc2cc(O)cc(c2O)NC(=O)C(C)=CCC[C@H](C)[C@@H](OC(N)=O)C(C)=C[C@@H]1C. The Morgan fingerprint density at radius 2 is 1.79 bits per heavy atom. The number of rotatable bonds is 3. The van der Waals surface area contributed by atoms with E-state index in [1.807, 2.05) is 33.8 Å². The number of fused-ring (bicyclic) bond motifs is 2. The number of carbonyl (C=O) groups is 2. The maximum Gasteiger partial charge on any atom is 0.405 e. The van der Waals surface area contributed by atoms with Crippen molar-refractivity contribution < 1.29 is 34.0 Å². The van der Waals surface area contributed by atoms with Gasteiger partial charge in [-0.2, -0.15) is 0 Å². The van der Waals surface area contributed by atoms with Crippen molar-refractivity contribution in [3.63, 3.8) is 0 Å². The Balaban J connectivity index is 2.59. The van der Waals surface area contributed by atoms with Crippen molar-refractivity contribution in [2.45, 2.75) is 72.2 Å². The van der Waals surface area contributed by atoms with Crippen molar-refractivity contribution in [1.29, 1.82) is 0 Å². The highest BCUT2D eigenvalue weighted by molar-refractivity contribution is 6.04. The third kappa shape index (κ3) is 8.36.